The highest BCUT2D eigenvalue weighted by Gasteiger charge is 2.07. The summed E-state index contributed by atoms with van der Waals surface area (Å²) in [6, 6.07) is 0.391. The number of hydrogen-bond acceptors (Lipinski definition) is 5. The van der Waals surface area contributed by atoms with Crippen molar-refractivity contribution in [2.45, 2.75) is 53.0 Å². The molecule has 0 aliphatic carbocycles. The maximum absolute atomic E-state index is 5.09. The third-order valence-corrected chi connectivity index (χ3v) is 3.81. The molecule has 0 bridgehead atoms. The van der Waals surface area contributed by atoms with Gasteiger partial charge in [-0.05, 0) is 46.3 Å². The van der Waals surface area contributed by atoms with Gasteiger partial charge in [0.25, 0.3) is 0 Å². The van der Waals surface area contributed by atoms with Crippen LogP contribution in [0, 0.1) is 6.92 Å². The summed E-state index contributed by atoms with van der Waals surface area (Å²) in [5, 5.41) is 10.5. The molecule has 1 unspecified atom stereocenters. The van der Waals surface area contributed by atoms with E-state index in [2.05, 4.69) is 51.4 Å². The average molecular weight is 452 g/mol. The van der Waals surface area contributed by atoms with Crippen LogP contribution in [0.3, 0.4) is 0 Å². The van der Waals surface area contributed by atoms with Crippen molar-refractivity contribution in [2.24, 2.45) is 4.99 Å². The van der Waals surface area contributed by atoms with Crippen LogP contribution in [0.4, 0.5) is 0 Å². The Labute approximate surface area is 163 Å². The zero-order valence-corrected chi connectivity index (χ0v) is 18.0. The predicted molar refractivity (Wildman–Crippen MR) is 109 cm³/mol. The molecular formula is C16H33IN6O. The van der Waals surface area contributed by atoms with Gasteiger partial charge < -0.3 is 20.1 Å². The molecule has 0 fully saturated rings. The minimum Gasteiger partial charge on any atom is -0.356 e. The fraction of sp³-hybridized carbons (Fsp3) is 0.812. The van der Waals surface area contributed by atoms with Gasteiger partial charge in [0.2, 0.25) is 5.89 Å². The zero-order valence-electron chi connectivity index (χ0n) is 15.6. The first-order valence-electron chi connectivity index (χ1n) is 8.57. The zero-order chi connectivity index (χ0) is 17.1. The molecule has 0 saturated carbocycles. The summed E-state index contributed by atoms with van der Waals surface area (Å²) in [5.74, 6) is 2.14. The molecule has 0 aromatic carbocycles. The largest absolute Gasteiger partial charge is 0.356 e. The first-order valence-corrected chi connectivity index (χ1v) is 8.57. The van der Waals surface area contributed by atoms with Crippen LogP contribution in [0.15, 0.2) is 9.52 Å². The van der Waals surface area contributed by atoms with Crippen molar-refractivity contribution in [3.63, 3.8) is 0 Å². The van der Waals surface area contributed by atoms with Crippen LogP contribution in [-0.2, 0) is 6.42 Å². The SMILES string of the molecule is CCN(CC)CCCC(C)NC(=NC)NCCc1nc(C)no1.I. The van der Waals surface area contributed by atoms with Gasteiger partial charge in [-0.2, -0.15) is 4.98 Å². The molecule has 0 aliphatic rings. The number of aliphatic imine (C=N–C) groups is 1. The summed E-state index contributed by atoms with van der Waals surface area (Å²) in [6.45, 7) is 12.5. The van der Waals surface area contributed by atoms with Gasteiger partial charge in [0.05, 0.1) is 0 Å². The number of nitrogens with one attached hydrogen (secondary N) is 2. The molecule has 140 valence electrons. The van der Waals surface area contributed by atoms with E-state index in [0.29, 0.717) is 30.7 Å². The fourth-order valence-electron chi connectivity index (χ4n) is 2.39. The normalized spacial score (nSPS) is 12.8. The monoisotopic (exact) mass is 452 g/mol. The maximum Gasteiger partial charge on any atom is 0.228 e. The van der Waals surface area contributed by atoms with Gasteiger partial charge in [-0.15, -0.1) is 24.0 Å². The summed E-state index contributed by atoms with van der Waals surface area (Å²) in [7, 11) is 1.79. The van der Waals surface area contributed by atoms with E-state index < -0.39 is 0 Å². The number of halogens is 1. The fourth-order valence-corrected chi connectivity index (χ4v) is 2.39. The molecule has 24 heavy (non-hydrogen) atoms. The van der Waals surface area contributed by atoms with Crippen LogP contribution in [0.25, 0.3) is 0 Å². The second-order valence-electron chi connectivity index (χ2n) is 5.70. The van der Waals surface area contributed by atoms with Crippen molar-refractivity contribution in [3.8, 4) is 0 Å². The lowest BCUT2D eigenvalue weighted by Gasteiger charge is -2.21. The molecule has 7 nitrogen and oxygen atoms in total. The molecule has 0 spiro atoms. The Bertz CT molecular complexity index is 461. The third-order valence-electron chi connectivity index (χ3n) is 3.81. The van der Waals surface area contributed by atoms with Crippen LogP contribution < -0.4 is 10.6 Å². The van der Waals surface area contributed by atoms with Crippen molar-refractivity contribution < 1.29 is 4.52 Å². The molecule has 0 aliphatic heterocycles. The molecule has 1 rings (SSSR count). The summed E-state index contributed by atoms with van der Waals surface area (Å²) >= 11 is 0. The standard InChI is InChI=1S/C16H32N6O.HI/c1-6-22(7-2)12-8-9-13(3)19-16(17-5)18-11-10-15-20-14(4)21-23-15;/h13H,6-12H2,1-5H3,(H2,17,18,19);1H. The summed E-state index contributed by atoms with van der Waals surface area (Å²) in [4.78, 5) is 10.9. The minimum atomic E-state index is 0. The van der Waals surface area contributed by atoms with Crippen molar-refractivity contribution in [1.82, 2.24) is 25.7 Å². The second kappa shape index (κ2) is 13.4. The summed E-state index contributed by atoms with van der Waals surface area (Å²) in [6.07, 6.45) is 3.01. The Morgan fingerprint density at radius 3 is 2.58 bits per heavy atom. The maximum atomic E-state index is 5.09. The molecule has 1 aromatic rings. The highest BCUT2D eigenvalue weighted by molar-refractivity contribution is 14.0. The molecule has 0 saturated heterocycles. The Morgan fingerprint density at radius 1 is 1.33 bits per heavy atom. The number of rotatable bonds is 10. The van der Waals surface area contributed by atoms with Crippen LogP contribution in [0.2, 0.25) is 0 Å². The molecule has 1 atom stereocenters. The van der Waals surface area contributed by atoms with Crippen LogP contribution in [-0.4, -0.2) is 60.3 Å². The van der Waals surface area contributed by atoms with Crippen LogP contribution in [0.5, 0.6) is 0 Å². The predicted octanol–water partition coefficient (Wildman–Crippen LogP) is 2.21. The minimum absolute atomic E-state index is 0. The van der Waals surface area contributed by atoms with Crippen molar-refractivity contribution in [3.05, 3.63) is 11.7 Å². The van der Waals surface area contributed by atoms with Gasteiger partial charge in [-0.1, -0.05) is 19.0 Å². The van der Waals surface area contributed by atoms with E-state index >= 15 is 0 Å². The van der Waals surface area contributed by atoms with Gasteiger partial charge in [0, 0.05) is 26.1 Å². The van der Waals surface area contributed by atoms with Crippen LogP contribution in [0.1, 0.15) is 45.3 Å². The first kappa shape index (κ1) is 23.1. The van der Waals surface area contributed by atoms with E-state index in [1.165, 1.54) is 6.42 Å². The van der Waals surface area contributed by atoms with Gasteiger partial charge in [-0.3, -0.25) is 4.99 Å². The van der Waals surface area contributed by atoms with Gasteiger partial charge in [0.15, 0.2) is 11.8 Å². The molecule has 2 N–H and O–H groups in total. The van der Waals surface area contributed by atoms with E-state index in [-0.39, 0.29) is 24.0 Å². The second-order valence-corrected chi connectivity index (χ2v) is 5.70. The van der Waals surface area contributed by atoms with Gasteiger partial charge in [-0.25, -0.2) is 0 Å². The highest BCUT2D eigenvalue weighted by Crippen LogP contribution is 2.00. The molecule has 0 amide bonds. The Balaban J connectivity index is 0.00000529. The van der Waals surface area contributed by atoms with E-state index in [0.717, 1.165) is 32.0 Å². The Hall–Kier alpha value is -0.900. The van der Waals surface area contributed by atoms with Crippen molar-refractivity contribution >= 4 is 29.9 Å². The lowest BCUT2D eigenvalue weighted by atomic mass is 10.2. The Kier molecular flexibility index (Phi) is 12.9. The highest BCUT2D eigenvalue weighted by atomic mass is 127. The van der Waals surface area contributed by atoms with Crippen LogP contribution >= 0.6 is 24.0 Å². The lowest BCUT2D eigenvalue weighted by molar-refractivity contribution is 0.292. The number of aromatic nitrogens is 2. The first-order chi connectivity index (χ1) is 11.1. The number of hydrogen-bond donors (Lipinski definition) is 2. The van der Waals surface area contributed by atoms with E-state index in [4.69, 9.17) is 4.52 Å². The van der Waals surface area contributed by atoms with Gasteiger partial charge in [0.1, 0.15) is 0 Å². The lowest BCUT2D eigenvalue weighted by Crippen LogP contribution is -2.43. The molecule has 1 aromatic heterocycles. The number of aryl methyl sites for hydroxylation is 1. The molecule has 1 heterocycles. The van der Waals surface area contributed by atoms with E-state index in [9.17, 15) is 0 Å². The van der Waals surface area contributed by atoms with E-state index in [1.54, 1.807) is 7.05 Å². The smallest absolute Gasteiger partial charge is 0.228 e. The third kappa shape index (κ3) is 9.41. The van der Waals surface area contributed by atoms with Gasteiger partial charge >= 0.3 is 0 Å². The van der Waals surface area contributed by atoms with E-state index in [1.807, 2.05) is 6.92 Å². The summed E-state index contributed by atoms with van der Waals surface area (Å²) in [5.41, 5.74) is 0. The molecule has 8 heteroatoms. The quantitative estimate of drug-likeness (QED) is 0.322. The molecule has 0 radical (unpaired) electrons. The topological polar surface area (TPSA) is 78.6 Å². The molecular weight excluding hydrogens is 419 g/mol. The van der Waals surface area contributed by atoms with Crippen molar-refractivity contribution in [2.75, 3.05) is 33.2 Å². The number of guanidine groups is 1. The van der Waals surface area contributed by atoms with Crippen molar-refractivity contribution in [1.29, 1.82) is 0 Å². The summed E-state index contributed by atoms with van der Waals surface area (Å²) < 4.78 is 5.09. The Morgan fingerprint density at radius 2 is 2.04 bits per heavy atom. The average Bonchev–Trinajstić information content (AvgIpc) is 2.96. The number of nitrogens with zero attached hydrogens (tertiary/aromatic N) is 4.